The molecule has 1 amide bonds. The fraction of sp³-hybridized carbons (Fsp3) is 0.364. The van der Waals surface area contributed by atoms with Crippen LogP contribution in [0.5, 0.6) is 0 Å². The molecule has 158 valence electrons. The molecule has 0 aromatic heterocycles. The first-order valence-corrected chi connectivity index (χ1v) is 10.6. The number of thioether (sulfide) groups is 1. The summed E-state index contributed by atoms with van der Waals surface area (Å²) in [7, 11) is 0. The number of rotatable bonds is 3. The lowest BCUT2D eigenvalue weighted by Crippen LogP contribution is -2.49. The average Bonchev–Trinajstić information content (AvgIpc) is 3.12. The number of nitrogens with two attached hydrogens (primary N) is 1. The highest BCUT2D eigenvalue weighted by molar-refractivity contribution is 8.15. The topological polar surface area (TPSA) is 58.7 Å². The third-order valence-corrected chi connectivity index (χ3v) is 7.27. The molecule has 4 nitrogen and oxygen atoms in total. The van der Waals surface area contributed by atoms with Crippen LogP contribution in [-0.4, -0.2) is 22.5 Å². The van der Waals surface area contributed by atoms with Crippen molar-refractivity contribution in [3.8, 4) is 0 Å². The lowest BCUT2D eigenvalue weighted by molar-refractivity contribution is -0.137. The third-order valence-electron chi connectivity index (χ3n) is 5.73. The van der Waals surface area contributed by atoms with Gasteiger partial charge in [0.2, 0.25) is 5.91 Å². The Morgan fingerprint density at radius 3 is 2.73 bits per heavy atom. The lowest BCUT2D eigenvalue weighted by atomic mass is 9.77. The van der Waals surface area contributed by atoms with Crippen LogP contribution in [0.4, 0.5) is 13.2 Å². The molecule has 8 heteroatoms. The van der Waals surface area contributed by atoms with E-state index in [-0.39, 0.29) is 11.8 Å². The average molecular weight is 433 g/mol. The highest BCUT2D eigenvalue weighted by atomic mass is 32.2. The molecule has 2 atom stereocenters. The molecule has 1 aliphatic heterocycles. The number of amides is 1. The second-order valence-electron chi connectivity index (χ2n) is 7.58. The van der Waals surface area contributed by atoms with Crippen LogP contribution in [0.25, 0.3) is 0 Å². The first-order chi connectivity index (χ1) is 14.3. The molecule has 1 heterocycles. The van der Waals surface area contributed by atoms with Crippen molar-refractivity contribution in [3.05, 3.63) is 70.8 Å². The molecular weight excluding hydrogens is 411 g/mol. The molecule has 0 unspecified atom stereocenters. The number of aryl methyl sites for hydroxylation is 1. The first-order valence-electron chi connectivity index (χ1n) is 9.82. The largest absolute Gasteiger partial charge is 0.416 e. The Hall–Kier alpha value is -2.32. The van der Waals surface area contributed by atoms with Gasteiger partial charge in [-0.2, -0.15) is 18.3 Å². The minimum atomic E-state index is -4.45. The van der Waals surface area contributed by atoms with Crippen LogP contribution in [0.1, 0.15) is 42.0 Å². The maximum atomic E-state index is 13.2. The summed E-state index contributed by atoms with van der Waals surface area (Å²) in [5.74, 6) is -0.207. The van der Waals surface area contributed by atoms with Gasteiger partial charge >= 0.3 is 6.18 Å². The summed E-state index contributed by atoms with van der Waals surface area (Å²) in [6, 6.07) is 13.0. The molecule has 4 rings (SSSR count). The zero-order chi connectivity index (χ0) is 21.5. The number of hydrogen-bond acceptors (Lipinski definition) is 4. The van der Waals surface area contributed by atoms with Crippen molar-refractivity contribution in [1.29, 1.82) is 0 Å². The van der Waals surface area contributed by atoms with Gasteiger partial charge in [0.1, 0.15) is 9.91 Å². The Morgan fingerprint density at radius 2 is 2.03 bits per heavy atom. The van der Waals surface area contributed by atoms with E-state index in [1.807, 2.05) is 24.3 Å². The van der Waals surface area contributed by atoms with Gasteiger partial charge in [-0.15, -0.1) is 0 Å². The minimum absolute atomic E-state index is 0.0401. The van der Waals surface area contributed by atoms with E-state index in [2.05, 4.69) is 5.10 Å². The molecule has 2 aliphatic rings. The highest BCUT2D eigenvalue weighted by Gasteiger charge is 2.55. The van der Waals surface area contributed by atoms with Gasteiger partial charge in [0.05, 0.1) is 5.56 Å². The molecule has 0 saturated carbocycles. The van der Waals surface area contributed by atoms with Gasteiger partial charge in [0.25, 0.3) is 0 Å². The standard InChI is InChI=1S/C22H22F3N3OS/c1-14(29)28-21(17(11-12-26)10-9-15-5-2-3-8-19(15)21)30-20(27-28)16-6-4-7-18(13-16)22(23,24)25/h2-8,13,17H,9-12,26H2,1H3/t17-,21+/m1/s1. The van der Waals surface area contributed by atoms with Crippen molar-refractivity contribution >= 4 is 22.7 Å². The molecule has 0 bridgehead atoms. The Bertz CT molecular complexity index is 1010. The molecule has 30 heavy (non-hydrogen) atoms. The van der Waals surface area contributed by atoms with Crippen LogP contribution in [0.3, 0.4) is 0 Å². The van der Waals surface area contributed by atoms with Gasteiger partial charge in [-0.1, -0.05) is 48.2 Å². The van der Waals surface area contributed by atoms with E-state index in [4.69, 9.17) is 5.73 Å². The lowest BCUT2D eigenvalue weighted by Gasteiger charge is -2.45. The molecule has 2 aromatic rings. The molecule has 2 aromatic carbocycles. The van der Waals surface area contributed by atoms with Crippen LogP contribution < -0.4 is 5.73 Å². The van der Waals surface area contributed by atoms with Crippen LogP contribution in [0.15, 0.2) is 53.6 Å². The Morgan fingerprint density at radius 1 is 1.27 bits per heavy atom. The number of benzene rings is 2. The van der Waals surface area contributed by atoms with Crippen LogP contribution in [0.2, 0.25) is 0 Å². The number of fused-ring (bicyclic) bond motifs is 2. The SMILES string of the molecule is CC(=O)N1N=C(c2cccc(C(F)(F)F)c2)S[C@@]12c1ccccc1CC[C@@H]2CCN. The van der Waals surface area contributed by atoms with Gasteiger partial charge in [-0.05, 0) is 55.0 Å². The van der Waals surface area contributed by atoms with E-state index >= 15 is 0 Å². The maximum Gasteiger partial charge on any atom is 0.416 e. The number of carbonyl (C=O) groups is 1. The van der Waals surface area contributed by atoms with E-state index in [9.17, 15) is 18.0 Å². The van der Waals surface area contributed by atoms with Crippen molar-refractivity contribution < 1.29 is 18.0 Å². The van der Waals surface area contributed by atoms with Crippen molar-refractivity contribution in [2.45, 2.75) is 37.2 Å². The van der Waals surface area contributed by atoms with Crippen molar-refractivity contribution in [1.82, 2.24) is 5.01 Å². The molecular formula is C22H22F3N3OS. The van der Waals surface area contributed by atoms with Gasteiger partial charge in [-0.25, -0.2) is 5.01 Å². The Kier molecular flexibility index (Phi) is 5.40. The molecule has 0 radical (unpaired) electrons. The zero-order valence-corrected chi connectivity index (χ0v) is 17.3. The fourth-order valence-electron chi connectivity index (χ4n) is 4.43. The minimum Gasteiger partial charge on any atom is -0.330 e. The number of carbonyl (C=O) groups excluding carboxylic acids is 1. The van der Waals surface area contributed by atoms with Crippen LogP contribution in [0, 0.1) is 5.92 Å². The number of hydrazone groups is 1. The fourth-order valence-corrected chi connectivity index (χ4v) is 6.05. The molecule has 1 spiro atoms. The predicted molar refractivity (Wildman–Crippen MR) is 112 cm³/mol. The number of hydrogen-bond donors (Lipinski definition) is 1. The van der Waals surface area contributed by atoms with Gasteiger partial charge in [0, 0.05) is 12.5 Å². The van der Waals surface area contributed by atoms with E-state index < -0.39 is 16.6 Å². The quantitative estimate of drug-likeness (QED) is 0.762. The Labute approximate surface area is 177 Å². The number of nitrogens with zero attached hydrogens (tertiary/aromatic N) is 2. The summed E-state index contributed by atoms with van der Waals surface area (Å²) in [6.45, 7) is 1.90. The van der Waals surface area contributed by atoms with Gasteiger partial charge < -0.3 is 5.73 Å². The zero-order valence-electron chi connectivity index (χ0n) is 16.4. The van der Waals surface area contributed by atoms with Crippen LogP contribution >= 0.6 is 11.8 Å². The van der Waals surface area contributed by atoms with E-state index in [0.29, 0.717) is 23.6 Å². The third kappa shape index (κ3) is 3.41. The second-order valence-corrected chi connectivity index (χ2v) is 8.80. The predicted octanol–water partition coefficient (Wildman–Crippen LogP) is 4.73. The number of halogens is 3. The summed E-state index contributed by atoms with van der Waals surface area (Å²) in [6.07, 6.45) is -2.06. The smallest absolute Gasteiger partial charge is 0.330 e. The summed E-state index contributed by atoms with van der Waals surface area (Å²) in [4.78, 5) is 11.9. The normalized spacial score (nSPS) is 23.4. The summed E-state index contributed by atoms with van der Waals surface area (Å²) < 4.78 is 39.7. The van der Waals surface area contributed by atoms with Crippen LogP contribution in [-0.2, 0) is 22.3 Å². The Balaban J connectivity index is 1.85. The second kappa shape index (κ2) is 7.74. The van der Waals surface area contributed by atoms with Gasteiger partial charge in [0.15, 0.2) is 0 Å². The van der Waals surface area contributed by atoms with Crippen molar-refractivity contribution in [3.63, 3.8) is 0 Å². The van der Waals surface area contributed by atoms with E-state index in [0.717, 1.165) is 36.1 Å². The summed E-state index contributed by atoms with van der Waals surface area (Å²) in [5, 5.41) is 6.42. The summed E-state index contributed by atoms with van der Waals surface area (Å²) >= 11 is 1.37. The monoisotopic (exact) mass is 433 g/mol. The van der Waals surface area contributed by atoms with E-state index in [1.54, 1.807) is 6.07 Å². The summed E-state index contributed by atoms with van der Waals surface area (Å²) in [5.41, 5.74) is 7.63. The first kappa shape index (κ1) is 20.9. The molecule has 0 fully saturated rings. The van der Waals surface area contributed by atoms with Crippen molar-refractivity contribution in [2.75, 3.05) is 6.54 Å². The molecule has 1 aliphatic carbocycles. The van der Waals surface area contributed by atoms with Gasteiger partial charge in [-0.3, -0.25) is 4.79 Å². The van der Waals surface area contributed by atoms with E-state index in [1.165, 1.54) is 29.8 Å². The molecule has 0 saturated heterocycles. The number of alkyl halides is 3. The van der Waals surface area contributed by atoms with Crippen molar-refractivity contribution in [2.24, 2.45) is 16.8 Å². The highest BCUT2D eigenvalue weighted by Crippen LogP contribution is 2.57. The molecule has 2 N–H and O–H groups in total. The maximum absolute atomic E-state index is 13.2.